The Morgan fingerprint density at radius 1 is 1.00 bits per heavy atom. The molecule has 0 radical (unpaired) electrons. The van der Waals surface area contributed by atoms with Crippen molar-refractivity contribution >= 4 is 10.2 Å². The van der Waals surface area contributed by atoms with Gasteiger partial charge in [-0.1, -0.05) is 0 Å². The van der Waals surface area contributed by atoms with E-state index in [9.17, 15) is 8.42 Å². The standard InChI is InChI=1S/C5H10N4O2S/c10-12(11)8-3-6-1-2-7(5-8)9(12)4-6/h1-5H2. The zero-order valence-corrected chi connectivity index (χ0v) is 7.37. The van der Waals surface area contributed by atoms with E-state index in [1.807, 2.05) is 5.01 Å². The van der Waals surface area contributed by atoms with Gasteiger partial charge < -0.3 is 0 Å². The van der Waals surface area contributed by atoms with Gasteiger partial charge in [-0.15, -0.1) is 4.41 Å². The maximum atomic E-state index is 11.5. The lowest BCUT2D eigenvalue weighted by atomic mass is 10.5. The van der Waals surface area contributed by atoms with Crippen molar-refractivity contribution in [3.05, 3.63) is 0 Å². The second-order valence-electron chi connectivity index (χ2n) is 3.33. The van der Waals surface area contributed by atoms with Crippen molar-refractivity contribution in [3.8, 4) is 0 Å². The molecule has 7 heteroatoms. The predicted molar refractivity (Wildman–Crippen MR) is 40.6 cm³/mol. The van der Waals surface area contributed by atoms with Crippen LogP contribution in [-0.4, -0.2) is 60.1 Å². The third-order valence-corrected chi connectivity index (χ3v) is 4.34. The van der Waals surface area contributed by atoms with Crippen LogP contribution < -0.4 is 0 Å². The molecule has 68 valence electrons. The Kier molecular flexibility index (Phi) is 1.20. The molecule has 3 saturated heterocycles. The first-order chi connectivity index (χ1) is 5.68. The second kappa shape index (κ2) is 1.99. The Morgan fingerprint density at radius 3 is 2.67 bits per heavy atom. The van der Waals surface area contributed by atoms with Crippen molar-refractivity contribution in [2.75, 3.05) is 33.1 Å². The second-order valence-corrected chi connectivity index (χ2v) is 5.16. The molecular weight excluding hydrogens is 180 g/mol. The zero-order valence-electron chi connectivity index (χ0n) is 6.55. The van der Waals surface area contributed by atoms with E-state index >= 15 is 0 Å². The highest BCUT2D eigenvalue weighted by Gasteiger charge is 2.50. The van der Waals surface area contributed by atoms with Gasteiger partial charge in [-0.05, 0) is 0 Å². The highest BCUT2D eigenvalue weighted by Crippen LogP contribution is 2.29. The predicted octanol–water partition coefficient (Wildman–Crippen LogP) is -1.73. The summed E-state index contributed by atoms with van der Waals surface area (Å²) < 4.78 is 26.1. The molecule has 3 rings (SSSR count). The first-order valence-corrected chi connectivity index (χ1v) is 5.33. The van der Waals surface area contributed by atoms with E-state index in [-0.39, 0.29) is 0 Å². The normalized spacial score (nSPS) is 49.8. The Morgan fingerprint density at radius 2 is 1.83 bits per heavy atom. The lowest BCUT2D eigenvalue weighted by Crippen LogP contribution is -2.58. The van der Waals surface area contributed by atoms with Gasteiger partial charge in [0.05, 0.1) is 20.0 Å². The van der Waals surface area contributed by atoms with Gasteiger partial charge in [0.25, 0.3) is 10.2 Å². The zero-order chi connectivity index (χ0) is 8.34. The molecule has 12 heavy (non-hydrogen) atoms. The summed E-state index contributed by atoms with van der Waals surface area (Å²) in [5, 5.41) is 1.89. The van der Waals surface area contributed by atoms with E-state index in [0.717, 1.165) is 13.1 Å². The van der Waals surface area contributed by atoms with E-state index < -0.39 is 10.2 Å². The number of hydrazine groups is 1. The third kappa shape index (κ3) is 0.704. The Labute approximate surface area is 71.1 Å². The molecule has 3 unspecified atom stereocenters. The largest absolute Gasteiger partial charge is 0.298 e. The fourth-order valence-electron chi connectivity index (χ4n) is 1.90. The van der Waals surface area contributed by atoms with E-state index in [1.54, 1.807) is 0 Å². The van der Waals surface area contributed by atoms with Gasteiger partial charge in [-0.25, -0.2) is 5.01 Å². The van der Waals surface area contributed by atoms with Crippen molar-refractivity contribution < 1.29 is 8.42 Å². The Balaban J connectivity index is 2.11. The average molecular weight is 190 g/mol. The summed E-state index contributed by atoms with van der Waals surface area (Å²) in [5.41, 5.74) is 0. The number of hydrogen-bond donors (Lipinski definition) is 0. The molecule has 6 nitrogen and oxygen atoms in total. The van der Waals surface area contributed by atoms with Crippen LogP contribution in [0, 0.1) is 0 Å². The summed E-state index contributed by atoms with van der Waals surface area (Å²) in [7, 11) is -3.11. The van der Waals surface area contributed by atoms with Gasteiger partial charge in [-0.3, -0.25) is 4.90 Å². The van der Waals surface area contributed by atoms with Gasteiger partial charge in [-0.2, -0.15) is 12.7 Å². The molecule has 0 aliphatic carbocycles. The monoisotopic (exact) mass is 190 g/mol. The van der Waals surface area contributed by atoms with E-state index in [2.05, 4.69) is 4.90 Å². The quantitative estimate of drug-likeness (QED) is 0.455. The summed E-state index contributed by atoms with van der Waals surface area (Å²) in [6, 6.07) is 0. The van der Waals surface area contributed by atoms with Crippen LogP contribution in [0.4, 0.5) is 0 Å². The average Bonchev–Trinajstić information content (AvgIpc) is 2.31. The summed E-state index contributed by atoms with van der Waals surface area (Å²) in [5.74, 6) is 0. The molecule has 0 aromatic carbocycles. The first-order valence-electron chi connectivity index (χ1n) is 3.93. The highest BCUT2D eigenvalue weighted by molar-refractivity contribution is 7.86. The van der Waals surface area contributed by atoms with E-state index in [4.69, 9.17) is 0 Å². The van der Waals surface area contributed by atoms with Crippen molar-refractivity contribution in [2.24, 2.45) is 0 Å². The molecule has 0 aromatic rings. The molecule has 3 bridgehead atoms. The van der Waals surface area contributed by atoms with Gasteiger partial charge in [0.1, 0.15) is 0 Å². The highest BCUT2D eigenvalue weighted by atomic mass is 32.2. The molecule has 3 fully saturated rings. The van der Waals surface area contributed by atoms with Crippen LogP contribution in [0.2, 0.25) is 0 Å². The van der Waals surface area contributed by atoms with Crippen molar-refractivity contribution in [2.45, 2.75) is 0 Å². The summed E-state index contributed by atoms with van der Waals surface area (Å²) in [6.07, 6.45) is 0. The lowest BCUT2D eigenvalue weighted by molar-refractivity contribution is -0.00426. The minimum absolute atomic E-state index is 0.541. The molecule has 3 aliphatic heterocycles. The van der Waals surface area contributed by atoms with Crippen molar-refractivity contribution in [3.63, 3.8) is 0 Å². The van der Waals surface area contributed by atoms with Crippen LogP contribution in [-0.2, 0) is 10.2 Å². The van der Waals surface area contributed by atoms with Crippen molar-refractivity contribution in [1.29, 1.82) is 0 Å². The number of hydrogen-bond acceptors (Lipinski definition) is 4. The van der Waals surface area contributed by atoms with Crippen LogP contribution in [0.25, 0.3) is 0 Å². The maximum absolute atomic E-state index is 11.5. The molecular formula is C5H10N4O2S. The third-order valence-electron chi connectivity index (χ3n) is 2.58. The molecule has 3 aliphatic rings. The number of rotatable bonds is 0. The van der Waals surface area contributed by atoms with Gasteiger partial charge in [0.15, 0.2) is 0 Å². The Bertz CT molecular complexity index is 311. The van der Waals surface area contributed by atoms with Crippen LogP contribution in [0.15, 0.2) is 0 Å². The maximum Gasteiger partial charge on any atom is 0.298 e. The van der Waals surface area contributed by atoms with Crippen LogP contribution >= 0.6 is 0 Å². The molecule has 0 aromatic heterocycles. The summed E-state index contributed by atoms with van der Waals surface area (Å²) in [6.45, 7) is 3.45. The van der Waals surface area contributed by atoms with E-state index in [1.165, 1.54) is 8.72 Å². The summed E-state index contributed by atoms with van der Waals surface area (Å²) in [4.78, 5) is 2.13. The molecule has 3 heterocycles. The Hall–Kier alpha value is -0.210. The molecule has 0 saturated carbocycles. The SMILES string of the molecule is O=S1(=O)N2CN3CCN(C2)N1C3. The molecule has 0 spiro atoms. The molecule has 0 N–H and O–H groups in total. The fraction of sp³-hybridized carbons (Fsp3) is 1.00. The van der Waals surface area contributed by atoms with Crippen LogP contribution in [0.5, 0.6) is 0 Å². The topological polar surface area (TPSA) is 47.1 Å². The van der Waals surface area contributed by atoms with E-state index in [0.29, 0.717) is 20.0 Å². The minimum atomic E-state index is -3.11. The summed E-state index contributed by atoms with van der Waals surface area (Å²) >= 11 is 0. The number of nitrogens with zero attached hydrogens (tertiary/aromatic N) is 4. The first kappa shape index (κ1) is 7.22. The van der Waals surface area contributed by atoms with Gasteiger partial charge >= 0.3 is 0 Å². The fourth-order valence-corrected chi connectivity index (χ4v) is 3.49. The van der Waals surface area contributed by atoms with Crippen molar-refractivity contribution in [1.82, 2.24) is 18.6 Å². The molecule has 0 amide bonds. The van der Waals surface area contributed by atoms with Gasteiger partial charge in [0, 0.05) is 13.1 Å². The van der Waals surface area contributed by atoms with Crippen LogP contribution in [0.1, 0.15) is 0 Å². The molecule has 3 atom stereocenters. The smallest absolute Gasteiger partial charge is 0.273 e. The lowest BCUT2D eigenvalue weighted by Gasteiger charge is -2.38. The minimum Gasteiger partial charge on any atom is -0.273 e. The van der Waals surface area contributed by atoms with Crippen LogP contribution in [0.3, 0.4) is 0 Å². The van der Waals surface area contributed by atoms with Gasteiger partial charge in [0.2, 0.25) is 0 Å². The number of fused-ring (bicyclic) bond motifs is 2.